The third-order valence-corrected chi connectivity index (χ3v) is 4.34. The van der Waals surface area contributed by atoms with Gasteiger partial charge in [0.25, 0.3) is 0 Å². The molecule has 0 aliphatic carbocycles. The van der Waals surface area contributed by atoms with E-state index in [-0.39, 0.29) is 17.7 Å². The monoisotopic (exact) mass is 300 g/mol. The fourth-order valence-electron chi connectivity index (χ4n) is 3.60. The lowest BCUT2D eigenvalue weighted by molar-refractivity contribution is -0.129. The van der Waals surface area contributed by atoms with Crippen molar-refractivity contribution in [2.24, 2.45) is 0 Å². The lowest BCUT2D eigenvalue weighted by Crippen LogP contribution is -2.53. The van der Waals surface area contributed by atoms with Gasteiger partial charge in [0.15, 0.2) is 0 Å². The molecule has 1 heterocycles. The van der Waals surface area contributed by atoms with Crippen LogP contribution >= 0.6 is 0 Å². The Morgan fingerprint density at radius 2 is 2.10 bits per heavy atom. The van der Waals surface area contributed by atoms with E-state index in [1.165, 1.54) is 0 Å². The Morgan fingerprint density at radius 1 is 1.43 bits per heavy atom. The van der Waals surface area contributed by atoms with Gasteiger partial charge in [-0.1, -0.05) is 20.8 Å². The molecule has 21 heavy (non-hydrogen) atoms. The van der Waals surface area contributed by atoms with Gasteiger partial charge >= 0.3 is 0 Å². The zero-order chi connectivity index (χ0) is 16.1. The summed E-state index contributed by atoms with van der Waals surface area (Å²) in [5.41, 5.74) is -0.172. The molecule has 4 heteroatoms. The van der Waals surface area contributed by atoms with E-state index in [0.29, 0.717) is 12.1 Å². The van der Waals surface area contributed by atoms with Gasteiger partial charge in [0, 0.05) is 24.7 Å². The summed E-state index contributed by atoms with van der Waals surface area (Å²) in [5.74, 6) is 0. The highest BCUT2D eigenvalue weighted by molar-refractivity contribution is 4.89. The van der Waals surface area contributed by atoms with Crippen molar-refractivity contribution >= 4 is 0 Å². The molecule has 0 amide bonds. The number of morpholine rings is 1. The summed E-state index contributed by atoms with van der Waals surface area (Å²) in [5, 5.41) is 13.4. The van der Waals surface area contributed by atoms with Gasteiger partial charge in [-0.2, -0.15) is 0 Å². The first kappa shape index (κ1) is 18.9. The van der Waals surface area contributed by atoms with Gasteiger partial charge in [0.1, 0.15) is 0 Å². The fraction of sp³-hybridized carbons (Fsp3) is 1.00. The topological polar surface area (TPSA) is 44.7 Å². The van der Waals surface area contributed by atoms with Crippen LogP contribution in [0.15, 0.2) is 0 Å². The molecule has 2 atom stereocenters. The average molecular weight is 300 g/mol. The van der Waals surface area contributed by atoms with Crippen LogP contribution < -0.4 is 5.32 Å². The molecule has 0 aromatic carbocycles. The summed E-state index contributed by atoms with van der Waals surface area (Å²) in [6, 6.07) is 0.402. The highest BCUT2D eigenvalue weighted by Gasteiger charge is 2.32. The van der Waals surface area contributed by atoms with Crippen molar-refractivity contribution in [1.29, 1.82) is 0 Å². The summed E-state index contributed by atoms with van der Waals surface area (Å²) in [6.45, 7) is 16.2. The molecule has 126 valence electrons. The molecule has 0 aromatic heterocycles. The van der Waals surface area contributed by atoms with Gasteiger partial charge in [-0.05, 0) is 46.6 Å². The maximum absolute atomic E-state index is 9.79. The summed E-state index contributed by atoms with van der Waals surface area (Å²) >= 11 is 0. The number of aliphatic hydroxyl groups excluding tert-OH is 1. The molecule has 2 unspecified atom stereocenters. The van der Waals surface area contributed by atoms with Crippen LogP contribution in [0.25, 0.3) is 0 Å². The van der Waals surface area contributed by atoms with Crippen molar-refractivity contribution in [3.8, 4) is 0 Å². The van der Waals surface area contributed by atoms with E-state index in [1.54, 1.807) is 0 Å². The number of aliphatic hydroxyl groups is 1. The third-order valence-electron chi connectivity index (χ3n) is 4.34. The van der Waals surface area contributed by atoms with Crippen LogP contribution in [0.3, 0.4) is 0 Å². The summed E-state index contributed by atoms with van der Waals surface area (Å²) in [7, 11) is 0. The van der Waals surface area contributed by atoms with Crippen molar-refractivity contribution < 1.29 is 9.84 Å². The van der Waals surface area contributed by atoms with Crippen LogP contribution in [0, 0.1) is 0 Å². The summed E-state index contributed by atoms with van der Waals surface area (Å²) in [6.07, 6.45) is 3.39. The normalized spacial score (nSPS) is 26.0. The molecule has 1 aliphatic rings. The molecule has 1 fully saturated rings. The van der Waals surface area contributed by atoms with Gasteiger partial charge in [-0.15, -0.1) is 0 Å². The SMILES string of the molecule is CCC(CO)(CCCN1CC(C)OC(C)(C)C1)NC(C)C. The van der Waals surface area contributed by atoms with Gasteiger partial charge in [-0.25, -0.2) is 0 Å². The zero-order valence-electron chi connectivity index (χ0n) is 14.9. The number of hydrogen-bond donors (Lipinski definition) is 2. The van der Waals surface area contributed by atoms with Crippen LogP contribution in [-0.4, -0.2) is 59.5 Å². The molecular formula is C17H36N2O2. The third kappa shape index (κ3) is 6.23. The number of rotatable bonds is 8. The lowest BCUT2D eigenvalue weighted by Gasteiger charge is -2.42. The number of nitrogens with one attached hydrogen (secondary N) is 1. The Labute approximate surface area is 131 Å². The van der Waals surface area contributed by atoms with Crippen LogP contribution in [-0.2, 0) is 4.74 Å². The molecule has 2 N–H and O–H groups in total. The Bertz CT molecular complexity index is 301. The van der Waals surface area contributed by atoms with E-state index in [9.17, 15) is 5.11 Å². The summed E-state index contributed by atoms with van der Waals surface area (Å²) in [4.78, 5) is 2.50. The molecule has 0 saturated carbocycles. The first-order chi connectivity index (χ1) is 9.72. The highest BCUT2D eigenvalue weighted by Crippen LogP contribution is 2.23. The van der Waals surface area contributed by atoms with Crippen molar-refractivity contribution in [3.05, 3.63) is 0 Å². The first-order valence-corrected chi connectivity index (χ1v) is 8.51. The van der Waals surface area contributed by atoms with Gasteiger partial charge < -0.3 is 15.2 Å². The van der Waals surface area contributed by atoms with Crippen LogP contribution in [0.4, 0.5) is 0 Å². The zero-order valence-corrected chi connectivity index (χ0v) is 14.9. The number of hydrogen-bond acceptors (Lipinski definition) is 4. The Kier molecular flexibility index (Phi) is 7.11. The van der Waals surface area contributed by atoms with Crippen molar-refractivity contribution in [3.63, 3.8) is 0 Å². The van der Waals surface area contributed by atoms with Crippen LogP contribution in [0.5, 0.6) is 0 Å². The van der Waals surface area contributed by atoms with Crippen LogP contribution in [0.1, 0.15) is 60.8 Å². The van der Waals surface area contributed by atoms with Gasteiger partial charge in [0.05, 0.1) is 18.3 Å². The maximum Gasteiger partial charge on any atom is 0.0757 e. The smallest absolute Gasteiger partial charge is 0.0757 e. The Balaban J connectivity index is 2.46. The quantitative estimate of drug-likeness (QED) is 0.722. The maximum atomic E-state index is 9.79. The second-order valence-electron chi connectivity index (χ2n) is 7.62. The Hall–Kier alpha value is -0.160. The second kappa shape index (κ2) is 7.91. The molecule has 0 spiro atoms. The molecule has 0 bridgehead atoms. The number of nitrogens with zero attached hydrogens (tertiary/aromatic N) is 1. The van der Waals surface area contributed by atoms with E-state index < -0.39 is 0 Å². The molecular weight excluding hydrogens is 264 g/mol. The molecule has 1 rings (SSSR count). The van der Waals surface area contributed by atoms with E-state index in [4.69, 9.17) is 4.74 Å². The molecule has 4 nitrogen and oxygen atoms in total. The van der Waals surface area contributed by atoms with Crippen molar-refractivity contribution in [2.75, 3.05) is 26.2 Å². The van der Waals surface area contributed by atoms with Crippen molar-refractivity contribution in [1.82, 2.24) is 10.2 Å². The van der Waals surface area contributed by atoms with E-state index in [2.05, 4.69) is 51.8 Å². The minimum Gasteiger partial charge on any atom is -0.394 e. The first-order valence-electron chi connectivity index (χ1n) is 8.51. The predicted molar refractivity (Wildman–Crippen MR) is 88.7 cm³/mol. The lowest BCUT2D eigenvalue weighted by atomic mass is 9.90. The number of ether oxygens (including phenoxy) is 1. The van der Waals surface area contributed by atoms with Crippen LogP contribution in [0.2, 0.25) is 0 Å². The summed E-state index contributed by atoms with van der Waals surface area (Å²) < 4.78 is 5.95. The minimum atomic E-state index is -0.123. The van der Waals surface area contributed by atoms with E-state index >= 15 is 0 Å². The van der Waals surface area contributed by atoms with E-state index in [0.717, 1.165) is 38.9 Å². The van der Waals surface area contributed by atoms with E-state index in [1.807, 2.05) is 0 Å². The average Bonchev–Trinajstić information content (AvgIpc) is 2.34. The predicted octanol–water partition coefficient (Wildman–Crippen LogP) is 2.41. The minimum absolute atomic E-state index is 0.0489. The van der Waals surface area contributed by atoms with Crippen molar-refractivity contribution in [2.45, 2.75) is 84.1 Å². The molecule has 0 radical (unpaired) electrons. The Morgan fingerprint density at radius 3 is 2.57 bits per heavy atom. The highest BCUT2D eigenvalue weighted by atomic mass is 16.5. The molecule has 0 aromatic rings. The molecule has 1 saturated heterocycles. The standard InChI is InChI=1S/C17H36N2O2/c1-7-17(13-20,18-14(2)3)9-8-10-19-11-15(4)21-16(5,6)12-19/h14-15,18,20H,7-13H2,1-6H3. The largest absolute Gasteiger partial charge is 0.394 e. The van der Waals surface area contributed by atoms with Gasteiger partial charge in [0.2, 0.25) is 0 Å². The van der Waals surface area contributed by atoms with Gasteiger partial charge in [-0.3, -0.25) is 4.90 Å². The molecule has 1 aliphatic heterocycles. The fourth-order valence-corrected chi connectivity index (χ4v) is 3.60. The second-order valence-corrected chi connectivity index (χ2v) is 7.62.